The van der Waals surface area contributed by atoms with Crippen molar-refractivity contribution in [3.63, 3.8) is 0 Å². The molecule has 0 aromatic heterocycles. The molecule has 0 aromatic rings. The van der Waals surface area contributed by atoms with Crippen molar-refractivity contribution in [1.82, 2.24) is 5.32 Å². The van der Waals surface area contributed by atoms with Gasteiger partial charge >= 0.3 is 0 Å². The summed E-state index contributed by atoms with van der Waals surface area (Å²) in [6.45, 7) is 0. The molecule has 0 unspecified atom stereocenters. The second-order valence-electron chi connectivity index (χ2n) is 4.66. The van der Waals surface area contributed by atoms with E-state index < -0.39 is 16.2 Å². The highest BCUT2D eigenvalue weighted by molar-refractivity contribution is 7.85. The largest absolute Gasteiger partial charge is 0.409 e. The smallest absolute Gasteiger partial charge is 0.234 e. The van der Waals surface area contributed by atoms with Crippen molar-refractivity contribution in [2.45, 2.75) is 31.7 Å². The van der Waals surface area contributed by atoms with Gasteiger partial charge in [-0.2, -0.15) is 0 Å². The minimum Gasteiger partial charge on any atom is -0.409 e. The normalized spacial score (nSPS) is 31.9. The SMILES string of the molecule is NC(=NO)C1(C(=O)NC2CCS(=O)CC2)CC1. The van der Waals surface area contributed by atoms with E-state index in [1.165, 1.54) is 0 Å². The molecule has 1 aliphatic carbocycles. The molecule has 4 N–H and O–H groups in total. The number of carbonyl (C=O) groups is 1. The summed E-state index contributed by atoms with van der Waals surface area (Å²) in [7, 11) is -0.731. The molecule has 1 saturated heterocycles. The number of hydrogen-bond donors (Lipinski definition) is 3. The first-order valence-corrected chi connectivity index (χ1v) is 7.21. The topological polar surface area (TPSA) is 105 Å². The lowest BCUT2D eigenvalue weighted by atomic mass is 10.0. The summed E-state index contributed by atoms with van der Waals surface area (Å²) in [6.07, 6.45) is 2.75. The van der Waals surface area contributed by atoms with Crippen molar-refractivity contribution in [1.29, 1.82) is 0 Å². The summed E-state index contributed by atoms with van der Waals surface area (Å²) in [4.78, 5) is 12.0. The van der Waals surface area contributed by atoms with Gasteiger partial charge in [0.15, 0.2) is 5.84 Å². The third kappa shape index (κ3) is 2.43. The van der Waals surface area contributed by atoms with Crippen LogP contribution in [0.1, 0.15) is 25.7 Å². The molecule has 2 aliphatic rings. The van der Waals surface area contributed by atoms with Crippen LogP contribution in [0.3, 0.4) is 0 Å². The Labute approximate surface area is 102 Å². The first-order chi connectivity index (χ1) is 8.08. The fraction of sp³-hybridized carbons (Fsp3) is 0.800. The van der Waals surface area contributed by atoms with Gasteiger partial charge in [-0.25, -0.2) is 0 Å². The van der Waals surface area contributed by atoms with Crippen LogP contribution < -0.4 is 11.1 Å². The molecule has 2 rings (SSSR count). The predicted octanol–water partition coefficient (Wildman–Crippen LogP) is -0.460. The van der Waals surface area contributed by atoms with Gasteiger partial charge in [0.1, 0.15) is 5.41 Å². The molecule has 1 amide bonds. The van der Waals surface area contributed by atoms with Gasteiger partial charge in [0.2, 0.25) is 5.91 Å². The molecule has 1 heterocycles. The zero-order valence-electron chi connectivity index (χ0n) is 9.52. The van der Waals surface area contributed by atoms with E-state index in [4.69, 9.17) is 10.9 Å². The summed E-state index contributed by atoms with van der Waals surface area (Å²) in [5.74, 6) is 1.11. The minimum atomic E-state index is -0.786. The Hall–Kier alpha value is -1.11. The van der Waals surface area contributed by atoms with E-state index in [-0.39, 0.29) is 17.8 Å². The number of nitrogens with one attached hydrogen (secondary N) is 1. The fourth-order valence-corrected chi connectivity index (χ4v) is 3.38. The number of nitrogens with zero attached hydrogens (tertiary/aromatic N) is 1. The van der Waals surface area contributed by atoms with Crippen LogP contribution in [0, 0.1) is 5.41 Å². The van der Waals surface area contributed by atoms with E-state index in [9.17, 15) is 9.00 Å². The van der Waals surface area contributed by atoms with Gasteiger partial charge < -0.3 is 16.3 Å². The summed E-state index contributed by atoms with van der Waals surface area (Å²) in [5.41, 5.74) is 4.75. The highest BCUT2D eigenvalue weighted by atomic mass is 32.2. The second kappa shape index (κ2) is 4.64. The van der Waals surface area contributed by atoms with E-state index in [1.54, 1.807) is 0 Å². The van der Waals surface area contributed by atoms with Crippen LogP contribution in [0.5, 0.6) is 0 Å². The van der Waals surface area contributed by atoms with E-state index in [0.29, 0.717) is 24.3 Å². The number of carbonyl (C=O) groups excluding carboxylic acids is 1. The highest BCUT2D eigenvalue weighted by Gasteiger charge is 2.54. The minimum absolute atomic E-state index is 0.00520. The van der Waals surface area contributed by atoms with Gasteiger partial charge in [0.25, 0.3) is 0 Å². The molecule has 0 bridgehead atoms. The third-order valence-corrected chi connectivity index (χ3v) is 4.89. The van der Waals surface area contributed by atoms with Gasteiger partial charge in [0.05, 0.1) is 0 Å². The van der Waals surface area contributed by atoms with Crippen LogP contribution in [0.25, 0.3) is 0 Å². The summed E-state index contributed by atoms with van der Waals surface area (Å²) >= 11 is 0. The van der Waals surface area contributed by atoms with Crippen LogP contribution in [0.15, 0.2) is 5.16 Å². The Balaban J connectivity index is 1.92. The van der Waals surface area contributed by atoms with Crippen molar-refractivity contribution in [2.75, 3.05) is 11.5 Å². The van der Waals surface area contributed by atoms with Gasteiger partial charge in [-0.3, -0.25) is 9.00 Å². The summed E-state index contributed by atoms with van der Waals surface area (Å²) in [6, 6.07) is 0.0733. The Morgan fingerprint density at radius 3 is 2.47 bits per heavy atom. The van der Waals surface area contributed by atoms with Crippen LogP contribution in [0.2, 0.25) is 0 Å². The molecule has 0 spiro atoms. The standard InChI is InChI=1S/C10H17N3O3S/c11-8(13-15)10(3-4-10)9(14)12-7-1-5-17(16)6-2-7/h7,15H,1-6H2,(H2,11,13)(H,12,14). The highest BCUT2D eigenvalue weighted by Crippen LogP contribution is 2.46. The lowest BCUT2D eigenvalue weighted by molar-refractivity contribution is -0.124. The van der Waals surface area contributed by atoms with Crippen LogP contribution in [0.4, 0.5) is 0 Å². The Bertz CT molecular complexity index is 369. The Morgan fingerprint density at radius 2 is 2.00 bits per heavy atom. The molecule has 6 nitrogen and oxygen atoms in total. The van der Waals surface area contributed by atoms with Crippen molar-refractivity contribution in [3.05, 3.63) is 0 Å². The van der Waals surface area contributed by atoms with E-state index in [1.807, 2.05) is 0 Å². The average molecular weight is 259 g/mol. The first-order valence-electron chi connectivity index (χ1n) is 5.72. The number of oxime groups is 1. The number of amidine groups is 1. The molecule has 17 heavy (non-hydrogen) atoms. The van der Waals surface area contributed by atoms with Crippen molar-refractivity contribution in [3.8, 4) is 0 Å². The summed E-state index contributed by atoms with van der Waals surface area (Å²) in [5, 5.41) is 14.5. The molecule has 0 aromatic carbocycles. The maximum Gasteiger partial charge on any atom is 0.234 e. The van der Waals surface area contributed by atoms with E-state index in [2.05, 4.69) is 10.5 Å². The maximum absolute atomic E-state index is 12.0. The predicted molar refractivity (Wildman–Crippen MR) is 64.1 cm³/mol. The molecule has 0 radical (unpaired) electrons. The number of rotatable bonds is 3. The van der Waals surface area contributed by atoms with Crippen molar-refractivity contribution in [2.24, 2.45) is 16.3 Å². The lowest BCUT2D eigenvalue weighted by Crippen LogP contribution is -2.47. The zero-order valence-corrected chi connectivity index (χ0v) is 10.3. The van der Waals surface area contributed by atoms with E-state index >= 15 is 0 Å². The number of nitrogens with two attached hydrogens (primary N) is 1. The molecule has 2 fully saturated rings. The molecule has 7 heteroatoms. The van der Waals surface area contributed by atoms with Crippen molar-refractivity contribution >= 4 is 22.5 Å². The molecular weight excluding hydrogens is 242 g/mol. The van der Waals surface area contributed by atoms with Gasteiger partial charge in [-0.1, -0.05) is 5.16 Å². The van der Waals surface area contributed by atoms with Gasteiger partial charge in [-0.15, -0.1) is 0 Å². The molecule has 1 aliphatic heterocycles. The fourth-order valence-electron chi connectivity index (χ4n) is 2.08. The van der Waals surface area contributed by atoms with Gasteiger partial charge in [-0.05, 0) is 25.7 Å². The monoisotopic (exact) mass is 259 g/mol. The maximum atomic E-state index is 12.0. The quantitative estimate of drug-likeness (QED) is 0.276. The summed E-state index contributed by atoms with van der Waals surface area (Å²) < 4.78 is 11.2. The molecule has 96 valence electrons. The van der Waals surface area contributed by atoms with Crippen LogP contribution >= 0.6 is 0 Å². The first kappa shape index (κ1) is 12.3. The van der Waals surface area contributed by atoms with Crippen molar-refractivity contribution < 1.29 is 14.2 Å². The number of amides is 1. The average Bonchev–Trinajstić information content (AvgIpc) is 3.12. The molecule has 0 atom stereocenters. The van der Waals surface area contributed by atoms with Crippen LogP contribution in [-0.2, 0) is 15.6 Å². The zero-order chi connectivity index (χ0) is 12.5. The lowest BCUT2D eigenvalue weighted by Gasteiger charge is -2.24. The Kier molecular flexibility index (Phi) is 3.37. The second-order valence-corrected chi connectivity index (χ2v) is 6.36. The molecular formula is C10H17N3O3S. The Morgan fingerprint density at radius 1 is 1.41 bits per heavy atom. The number of hydrogen-bond acceptors (Lipinski definition) is 4. The third-order valence-electron chi connectivity index (χ3n) is 3.51. The van der Waals surface area contributed by atoms with Crippen LogP contribution in [-0.4, -0.2) is 38.7 Å². The van der Waals surface area contributed by atoms with E-state index in [0.717, 1.165) is 12.8 Å². The molecule has 1 saturated carbocycles. The van der Waals surface area contributed by atoms with Gasteiger partial charge in [0, 0.05) is 28.3 Å².